The summed E-state index contributed by atoms with van der Waals surface area (Å²) in [4.78, 5) is 37.7. The van der Waals surface area contributed by atoms with Gasteiger partial charge in [-0.3, -0.25) is 14.4 Å². The Labute approximate surface area is 379 Å². The van der Waals surface area contributed by atoms with Crippen molar-refractivity contribution in [3.63, 3.8) is 0 Å². The van der Waals surface area contributed by atoms with Gasteiger partial charge in [-0.25, -0.2) is 0 Å². The molecule has 346 valence electrons. The molecule has 0 saturated carbocycles. The average Bonchev–Trinajstić information content (AvgIpc) is 3.27. The van der Waals surface area contributed by atoms with Crippen molar-refractivity contribution in [3.8, 4) is 0 Å². The van der Waals surface area contributed by atoms with Gasteiger partial charge in [-0.1, -0.05) is 199 Å². The quantitative estimate of drug-likeness (QED) is 0.0200. The van der Waals surface area contributed by atoms with Gasteiger partial charge in [0.15, 0.2) is 6.10 Å². The van der Waals surface area contributed by atoms with Gasteiger partial charge in [0.1, 0.15) is 13.2 Å². The number of hydrogen-bond donors (Lipinski definition) is 0. The Hall–Kier alpha value is -4.45. The Bertz CT molecular complexity index is 1400. The number of rotatable bonds is 41. The van der Waals surface area contributed by atoms with Crippen molar-refractivity contribution in [3.05, 3.63) is 134 Å². The lowest BCUT2D eigenvalue weighted by atomic mass is 10.1. The minimum atomic E-state index is -0.861. The fourth-order valence-electron chi connectivity index (χ4n) is 5.87. The van der Waals surface area contributed by atoms with E-state index in [9.17, 15) is 14.4 Å². The van der Waals surface area contributed by atoms with Crippen LogP contribution in [0.1, 0.15) is 181 Å². The highest BCUT2D eigenvalue weighted by molar-refractivity contribution is 5.72. The fourth-order valence-corrected chi connectivity index (χ4v) is 5.87. The predicted octanol–water partition coefficient (Wildman–Crippen LogP) is 15.9. The van der Waals surface area contributed by atoms with Crippen molar-refractivity contribution in [2.45, 2.75) is 187 Å². The molecule has 0 heterocycles. The molecule has 0 aromatic rings. The average molecular weight is 855 g/mol. The summed E-state index contributed by atoms with van der Waals surface area (Å²) >= 11 is 0. The van der Waals surface area contributed by atoms with Crippen LogP contribution in [0.2, 0.25) is 0 Å². The van der Waals surface area contributed by atoms with Crippen LogP contribution in [0.4, 0.5) is 0 Å². The molecule has 6 nitrogen and oxygen atoms in total. The molecular weight excluding hydrogens is 769 g/mol. The summed E-state index contributed by atoms with van der Waals surface area (Å²) in [5.41, 5.74) is 0. The van der Waals surface area contributed by atoms with Gasteiger partial charge >= 0.3 is 17.9 Å². The lowest BCUT2D eigenvalue weighted by Crippen LogP contribution is -2.30. The molecule has 62 heavy (non-hydrogen) atoms. The Balaban J connectivity index is 4.59. The van der Waals surface area contributed by atoms with E-state index in [4.69, 9.17) is 14.2 Å². The Morgan fingerprint density at radius 1 is 0.371 bits per heavy atom. The van der Waals surface area contributed by atoms with E-state index >= 15 is 0 Å². The first kappa shape index (κ1) is 57.5. The van der Waals surface area contributed by atoms with E-state index < -0.39 is 18.0 Å². The maximum Gasteiger partial charge on any atom is 0.309 e. The smallest absolute Gasteiger partial charge is 0.309 e. The molecule has 0 saturated heterocycles. The van der Waals surface area contributed by atoms with Gasteiger partial charge in [-0.05, 0) is 96.3 Å². The summed E-state index contributed by atoms with van der Waals surface area (Å²) in [5, 5.41) is 0. The van der Waals surface area contributed by atoms with Crippen LogP contribution in [0.3, 0.4) is 0 Å². The summed E-state index contributed by atoms with van der Waals surface area (Å²) in [6.45, 7) is 6.18. The van der Waals surface area contributed by atoms with Gasteiger partial charge in [0, 0.05) is 12.8 Å². The molecule has 0 aromatic heterocycles. The minimum Gasteiger partial charge on any atom is -0.462 e. The van der Waals surface area contributed by atoms with Crippen LogP contribution in [0.25, 0.3) is 0 Å². The number of allylic oxidation sites excluding steroid dienone is 21. The molecule has 0 spiro atoms. The molecular formula is C56H86O6. The zero-order chi connectivity index (χ0) is 45.1. The number of carbonyl (C=O) groups excluding carboxylic acids is 3. The topological polar surface area (TPSA) is 78.9 Å². The largest absolute Gasteiger partial charge is 0.462 e. The first-order chi connectivity index (χ1) is 30.5. The second kappa shape index (κ2) is 49.2. The maximum atomic E-state index is 12.7. The maximum absolute atomic E-state index is 12.7. The molecule has 0 rings (SSSR count). The van der Waals surface area contributed by atoms with Crippen LogP contribution in [-0.2, 0) is 28.6 Å². The second-order valence-electron chi connectivity index (χ2n) is 15.3. The summed E-state index contributed by atoms with van der Waals surface area (Å²) in [7, 11) is 0. The molecule has 0 aliphatic heterocycles. The summed E-state index contributed by atoms with van der Waals surface area (Å²) in [6.07, 6.45) is 69.1. The molecule has 0 bridgehead atoms. The lowest BCUT2D eigenvalue weighted by Gasteiger charge is -2.18. The van der Waals surface area contributed by atoms with E-state index in [1.54, 1.807) is 6.08 Å². The van der Waals surface area contributed by atoms with Crippen molar-refractivity contribution in [1.82, 2.24) is 0 Å². The zero-order valence-electron chi connectivity index (χ0n) is 39.3. The van der Waals surface area contributed by atoms with E-state index in [1.165, 1.54) is 44.9 Å². The normalized spacial score (nSPS) is 13.3. The van der Waals surface area contributed by atoms with E-state index in [0.29, 0.717) is 12.8 Å². The lowest BCUT2D eigenvalue weighted by molar-refractivity contribution is -0.166. The third-order valence-corrected chi connectivity index (χ3v) is 9.44. The molecule has 0 aliphatic carbocycles. The zero-order valence-corrected chi connectivity index (χ0v) is 39.3. The van der Waals surface area contributed by atoms with Crippen molar-refractivity contribution in [1.29, 1.82) is 0 Å². The highest BCUT2D eigenvalue weighted by atomic mass is 16.6. The first-order valence-corrected chi connectivity index (χ1v) is 24.2. The molecule has 0 radical (unpaired) electrons. The molecule has 6 heteroatoms. The van der Waals surface area contributed by atoms with E-state index in [1.807, 2.05) is 18.2 Å². The molecule has 0 N–H and O–H groups in total. The van der Waals surface area contributed by atoms with Crippen molar-refractivity contribution >= 4 is 17.9 Å². The highest BCUT2D eigenvalue weighted by Crippen LogP contribution is 2.10. The molecule has 1 unspecified atom stereocenters. The number of ether oxygens (including phenoxy) is 3. The summed E-state index contributed by atoms with van der Waals surface area (Å²) < 4.78 is 16.5. The van der Waals surface area contributed by atoms with Crippen molar-refractivity contribution < 1.29 is 28.6 Å². The number of esters is 3. The van der Waals surface area contributed by atoms with Crippen molar-refractivity contribution in [2.24, 2.45) is 0 Å². The van der Waals surface area contributed by atoms with Crippen LogP contribution < -0.4 is 0 Å². The van der Waals surface area contributed by atoms with Crippen molar-refractivity contribution in [2.75, 3.05) is 13.2 Å². The molecule has 0 aromatic carbocycles. The van der Waals surface area contributed by atoms with Gasteiger partial charge in [0.2, 0.25) is 0 Å². The van der Waals surface area contributed by atoms with Gasteiger partial charge in [0.25, 0.3) is 0 Å². The summed E-state index contributed by atoms with van der Waals surface area (Å²) in [5.74, 6) is -1.20. The molecule has 0 amide bonds. The first-order valence-electron chi connectivity index (χ1n) is 24.2. The monoisotopic (exact) mass is 855 g/mol. The predicted molar refractivity (Wildman–Crippen MR) is 265 cm³/mol. The number of unbranched alkanes of at least 4 members (excludes halogenated alkanes) is 10. The van der Waals surface area contributed by atoms with Gasteiger partial charge < -0.3 is 14.2 Å². The third-order valence-electron chi connectivity index (χ3n) is 9.44. The SMILES string of the molecule is CC/C=C\C/C=C\C/C=C\C/C=C\C/C=C\C/C=C\CCC(=O)OCC(COC(=O)C/C=C\C/C=C\C/C=C\CC)OC(=O)CCCCC/C=C\C=C/CCCCCCCCC. The van der Waals surface area contributed by atoms with Crippen LogP contribution >= 0.6 is 0 Å². The number of hydrogen-bond acceptors (Lipinski definition) is 6. The minimum absolute atomic E-state index is 0.111. The third kappa shape index (κ3) is 46.6. The van der Waals surface area contributed by atoms with Crippen LogP contribution in [0.5, 0.6) is 0 Å². The Kier molecular flexibility index (Phi) is 45.7. The standard InChI is InChI=1S/C56H86O6/c1-4-7-10-13-16-19-21-23-25-27-28-29-31-32-34-37-40-43-46-49-55(58)61-52-53(51-60-54(57)48-45-42-39-36-18-15-12-9-6-3)62-56(59)50-47-44-41-38-35-33-30-26-24-22-20-17-14-11-8-5-2/h7,9-10,12,16,18-19,23,25-26,28-30,32-36,40,42-43,45,53H,4-6,8,11,13-15,17,20-22,24,27,31,37-39,41,44,46-52H2,1-3H3/b10-7-,12-9-,19-16-,25-23-,29-28-,30-26-,34-32-,35-33-,36-18-,43-40-,45-42-. The number of carbonyl (C=O) groups is 3. The van der Waals surface area contributed by atoms with Gasteiger partial charge in [-0.2, -0.15) is 0 Å². The van der Waals surface area contributed by atoms with Crippen LogP contribution in [0, 0.1) is 0 Å². The fraction of sp³-hybridized carbons (Fsp3) is 0.554. The Morgan fingerprint density at radius 2 is 0.774 bits per heavy atom. The van der Waals surface area contributed by atoms with Crippen LogP contribution in [-0.4, -0.2) is 37.2 Å². The van der Waals surface area contributed by atoms with E-state index in [-0.39, 0.29) is 38.4 Å². The van der Waals surface area contributed by atoms with E-state index in [0.717, 1.165) is 83.5 Å². The molecule has 0 fully saturated rings. The van der Waals surface area contributed by atoms with E-state index in [2.05, 4.69) is 130 Å². The highest BCUT2D eigenvalue weighted by Gasteiger charge is 2.19. The molecule has 0 aliphatic rings. The molecule has 1 atom stereocenters. The van der Waals surface area contributed by atoms with Gasteiger partial charge in [0.05, 0.1) is 6.42 Å². The van der Waals surface area contributed by atoms with Gasteiger partial charge in [-0.15, -0.1) is 0 Å². The summed E-state index contributed by atoms with van der Waals surface area (Å²) in [6, 6.07) is 0. The van der Waals surface area contributed by atoms with Crippen LogP contribution in [0.15, 0.2) is 134 Å². The second-order valence-corrected chi connectivity index (χ2v) is 15.3. The Morgan fingerprint density at radius 3 is 1.26 bits per heavy atom.